The lowest BCUT2D eigenvalue weighted by Crippen LogP contribution is -2.63. The first kappa shape index (κ1) is 26.3. The molecule has 1 N–H and O–H groups in total. The molecule has 1 saturated carbocycles. The third kappa shape index (κ3) is 6.05. The Morgan fingerprint density at radius 1 is 0.763 bits per heavy atom. The Bertz CT molecular complexity index is 1160. The van der Waals surface area contributed by atoms with Crippen LogP contribution in [0.25, 0.3) is 0 Å². The summed E-state index contributed by atoms with van der Waals surface area (Å²) < 4.78 is 0. The summed E-state index contributed by atoms with van der Waals surface area (Å²) in [6, 6.07) is 28.2. The fourth-order valence-electron chi connectivity index (χ4n) is 5.97. The van der Waals surface area contributed by atoms with Crippen molar-refractivity contribution in [3.8, 4) is 0 Å². The molecule has 198 valence electrons. The second kappa shape index (κ2) is 12.0. The Morgan fingerprint density at radius 3 is 1.87 bits per heavy atom. The Kier molecular flexibility index (Phi) is 8.33. The fraction of sp³-hybridized carbons (Fsp3) is 0.375. The van der Waals surface area contributed by atoms with Crippen LogP contribution < -0.4 is 10.2 Å². The van der Waals surface area contributed by atoms with Gasteiger partial charge in [-0.1, -0.05) is 91.5 Å². The third-order valence-corrected chi connectivity index (χ3v) is 8.30. The molecule has 1 aliphatic carbocycles. The molecule has 1 saturated heterocycles. The molecule has 1 heterocycles. The molecule has 0 aromatic heterocycles. The van der Waals surface area contributed by atoms with E-state index in [0.29, 0.717) is 32.4 Å². The van der Waals surface area contributed by atoms with Gasteiger partial charge < -0.3 is 15.1 Å². The van der Waals surface area contributed by atoms with Crippen molar-refractivity contribution in [2.75, 3.05) is 31.1 Å². The fourth-order valence-corrected chi connectivity index (χ4v) is 6.10. The van der Waals surface area contributed by atoms with Crippen molar-refractivity contribution in [1.29, 1.82) is 0 Å². The summed E-state index contributed by atoms with van der Waals surface area (Å²) in [5, 5.41) is 4.01. The second-order valence-corrected chi connectivity index (χ2v) is 11.0. The van der Waals surface area contributed by atoms with E-state index in [1.54, 1.807) is 0 Å². The van der Waals surface area contributed by atoms with Crippen molar-refractivity contribution >= 4 is 29.1 Å². The van der Waals surface area contributed by atoms with Crippen LogP contribution in [0.1, 0.15) is 55.6 Å². The maximum Gasteiger partial charge on any atom is 0.248 e. The Balaban J connectivity index is 1.29. The normalized spacial score (nSPS) is 17.3. The molecule has 5 rings (SSSR count). The number of rotatable bonds is 7. The predicted octanol–water partition coefficient (Wildman–Crippen LogP) is 6.03. The van der Waals surface area contributed by atoms with Crippen LogP contribution in [-0.4, -0.2) is 48.4 Å². The van der Waals surface area contributed by atoms with Gasteiger partial charge in [0.1, 0.15) is 5.54 Å². The van der Waals surface area contributed by atoms with Crippen LogP contribution in [0.3, 0.4) is 0 Å². The number of carbonyl (C=O) groups excluding carboxylic acids is 2. The zero-order chi connectivity index (χ0) is 26.4. The maximum absolute atomic E-state index is 14.0. The topological polar surface area (TPSA) is 52.7 Å². The number of carbonyl (C=O) groups is 2. The van der Waals surface area contributed by atoms with E-state index in [1.807, 2.05) is 65.6 Å². The average molecular weight is 530 g/mol. The van der Waals surface area contributed by atoms with Gasteiger partial charge in [-0.2, -0.15) is 0 Å². The Labute approximate surface area is 230 Å². The average Bonchev–Trinajstić information content (AvgIpc) is 2.97. The SMILES string of the molecule is O=C(CC(c1ccccc1)c1ccccc1)NC1(C(=O)N2CCN(c3ccc(Cl)cc3)CC2)CCCCC1. The summed E-state index contributed by atoms with van der Waals surface area (Å²) in [5.41, 5.74) is 2.53. The highest BCUT2D eigenvalue weighted by atomic mass is 35.5. The number of hydrogen-bond acceptors (Lipinski definition) is 3. The first-order chi connectivity index (χ1) is 18.5. The number of anilines is 1. The van der Waals surface area contributed by atoms with E-state index in [4.69, 9.17) is 11.6 Å². The van der Waals surface area contributed by atoms with Crippen molar-refractivity contribution in [1.82, 2.24) is 10.2 Å². The number of amides is 2. The summed E-state index contributed by atoms with van der Waals surface area (Å²) >= 11 is 6.05. The van der Waals surface area contributed by atoms with E-state index >= 15 is 0 Å². The van der Waals surface area contributed by atoms with E-state index < -0.39 is 5.54 Å². The van der Waals surface area contributed by atoms with Crippen LogP contribution in [0, 0.1) is 0 Å². The van der Waals surface area contributed by atoms with Gasteiger partial charge in [-0.15, -0.1) is 0 Å². The van der Waals surface area contributed by atoms with Crippen molar-refractivity contribution < 1.29 is 9.59 Å². The van der Waals surface area contributed by atoms with Gasteiger partial charge in [0, 0.05) is 49.2 Å². The highest BCUT2D eigenvalue weighted by molar-refractivity contribution is 6.30. The lowest BCUT2D eigenvalue weighted by atomic mass is 9.79. The molecule has 0 bridgehead atoms. The van der Waals surface area contributed by atoms with Crippen LogP contribution in [-0.2, 0) is 9.59 Å². The lowest BCUT2D eigenvalue weighted by Gasteiger charge is -2.43. The van der Waals surface area contributed by atoms with Crippen LogP contribution in [0.4, 0.5) is 5.69 Å². The monoisotopic (exact) mass is 529 g/mol. The maximum atomic E-state index is 14.0. The minimum atomic E-state index is -0.810. The first-order valence-electron chi connectivity index (χ1n) is 13.7. The van der Waals surface area contributed by atoms with Gasteiger partial charge in [0.2, 0.25) is 11.8 Å². The molecule has 0 atom stereocenters. The quantitative estimate of drug-likeness (QED) is 0.406. The summed E-state index contributed by atoms with van der Waals surface area (Å²) in [7, 11) is 0. The molecule has 2 aliphatic rings. The van der Waals surface area contributed by atoms with Crippen molar-refractivity contribution in [3.63, 3.8) is 0 Å². The molecule has 0 radical (unpaired) electrons. The minimum Gasteiger partial charge on any atom is -0.368 e. The molecular weight excluding hydrogens is 494 g/mol. The number of nitrogens with one attached hydrogen (secondary N) is 1. The molecule has 38 heavy (non-hydrogen) atoms. The zero-order valence-electron chi connectivity index (χ0n) is 21.8. The molecule has 3 aromatic carbocycles. The molecule has 2 amide bonds. The number of benzene rings is 3. The summed E-state index contributed by atoms with van der Waals surface area (Å²) in [5.74, 6) is -0.0360. The summed E-state index contributed by atoms with van der Waals surface area (Å²) in [4.78, 5) is 31.9. The first-order valence-corrected chi connectivity index (χ1v) is 14.1. The molecule has 1 aliphatic heterocycles. The lowest BCUT2D eigenvalue weighted by molar-refractivity contribution is -0.143. The van der Waals surface area contributed by atoms with Crippen LogP contribution in [0.15, 0.2) is 84.9 Å². The second-order valence-electron chi connectivity index (χ2n) is 10.5. The summed E-state index contributed by atoms with van der Waals surface area (Å²) in [6.45, 7) is 2.83. The molecule has 6 heteroatoms. The van der Waals surface area contributed by atoms with Gasteiger partial charge in [-0.25, -0.2) is 0 Å². The molecular formula is C32H36ClN3O2. The molecule has 3 aromatic rings. The van der Waals surface area contributed by atoms with E-state index in [-0.39, 0.29) is 17.7 Å². The van der Waals surface area contributed by atoms with Gasteiger partial charge in [0.25, 0.3) is 0 Å². The van der Waals surface area contributed by atoms with Gasteiger partial charge in [-0.3, -0.25) is 9.59 Å². The van der Waals surface area contributed by atoms with Gasteiger partial charge in [0.05, 0.1) is 0 Å². The standard InChI is InChI=1S/C32H36ClN3O2/c33-27-14-16-28(17-15-27)35-20-22-36(23-21-35)31(38)32(18-8-3-9-19-32)34-30(37)24-29(25-10-4-1-5-11-25)26-12-6-2-7-13-26/h1-2,4-7,10-17,29H,3,8-9,18-24H2,(H,34,37). The van der Waals surface area contributed by atoms with Crippen LogP contribution in [0.5, 0.6) is 0 Å². The minimum absolute atomic E-state index is 0.0576. The van der Waals surface area contributed by atoms with E-state index in [2.05, 4.69) is 34.5 Å². The van der Waals surface area contributed by atoms with Crippen molar-refractivity contribution in [3.05, 3.63) is 101 Å². The van der Waals surface area contributed by atoms with Crippen molar-refractivity contribution in [2.24, 2.45) is 0 Å². The molecule has 0 spiro atoms. The number of nitrogens with zero attached hydrogens (tertiary/aromatic N) is 2. The zero-order valence-corrected chi connectivity index (χ0v) is 22.6. The van der Waals surface area contributed by atoms with Gasteiger partial charge in [0.15, 0.2) is 0 Å². The highest BCUT2D eigenvalue weighted by Crippen LogP contribution is 2.33. The Hall–Kier alpha value is -3.31. The number of halogens is 1. The smallest absolute Gasteiger partial charge is 0.248 e. The third-order valence-electron chi connectivity index (χ3n) is 8.05. The number of hydrogen-bond donors (Lipinski definition) is 1. The Morgan fingerprint density at radius 2 is 1.32 bits per heavy atom. The summed E-state index contributed by atoms with van der Waals surface area (Å²) in [6.07, 6.45) is 4.74. The van der Waals surface area contributed by atoms with Crippen molar-refractivity contribution in [2.45, 2.75) is 50.0 Å². The van der Waals surface area contributed by atoms with E-state index in [1.165, 1.54) is 0 Å². The van der Waals surface area contributed by atoms with Crippen LogP contribution >= 0.6 is 11.6 Å². The predicted molar refractivity (Wildman–Crippen MR) is 154 cm³/mol. The molecule has 0 unspecified atom stereocenters. The highest BCUT2D eigenvalue weighted by Gasteiger charge is 2.44. The van der Waals surface area contributed by atoms with Gasteiger partial charge >= 0.3 is 0 Å². The largest absolute Gasteiger partial charge is 0.368 e. The molecule has 2 fully saturated rings. The van der Waals surface area contributed by atoms with E-state index in [0.717, 1.165) is 54.2 Å². The van der Waals surface area contributed by atoms with E-state index in [9.17, 15) is 9.59 Å². The number of piperazine rings is 1. The van der Waals surface area contributed by atoms with Crippen LogP contribution in [0.2, 0.25) is 5.02 Å². The van der Waals surface area contributed by atoms with Gasteiger partial charge in [-0.05, 0) is 48.2 Å². The molecule has 5 nitrogen and oxygen atoms in total.